The van der Waals surface area contributed by atoms with Gasteiger partial charge in [0.25, 0.3) is 0 Å². The number of carbonyl (C=O) groups is 2. The highest BCUT2D eigenvalue weighted by molar-refractivity contribution is 6.30. The number of rotatable bonds is 2. The van der Waals surface area contributed by atoms with Gasteiger partial charge in [0.05, 0.1) is 11.3 Å². The number of benzene rings is 2. The number of aryl methyl sites for hydroxylation is 1. The standard InChI is InChI=1S/C20H16ClNO3/c1-12-4-2-7-15(8-12)22-17-11-25-20(24)19(17)16(10-18(22)23)13-5-3-6-14(21)9-13/h2-9,16H,10-11H2,1H3/t16-/m1/s1. The monoisotopic (exact) mass is 353 g/mol. The number of nitrogens with zero attached hydrogens (tertiary/aromatic N) is 1. The lowest BCUT2D eigenvalue weighted by atomic mass is 9.84. The topological polar surface area (TPSA) is 46.6 Å². The fourth-order valence-corrected chi connectivity index (χ4v) is 3.73. The van der Waals surface area contributed by atoms with E-state index in [0.717, 1.165) is 16.8 Å². The van der Waals surface area contributed by atoms with E-state index in [2.05, 4.69) is 0 Å². The predicted molar refractivity (Wildman–Crippen MR) is 95.5 cm³/mol. The SMILES string of the molecule is Cc1cccc(N2C(=O)C[C@H](c3cccc(Cl)c3)C3=C2COC3=O)c1. The molecular formula is C20H16ClNO3. The van der Waals surface area contributed by atoms with Crippen LogP contribution >= 0.6 is 11.6 Å². The van der Waals surface area contributed by atoms with Crippen LogP contribution in [0.4, 0.5) is 5.69 Å². The van der Waals surface area contributed by atoms with E-state index in [1.807, 2.05) is 43.3 Å². The Morgan fingerprint density at radius 2 is 1.92 bits per heavy atom. The fraction of sp³-hybridized carbons (Fsp3) is 0.200. The number of hydrogen-bond acceptors (Lipinski definition) is 3. The van der Waals surface area contributed by atoms with Gasteiger partial charge in [0.2, 0.25) is 5.91 Å². The van der Waals surface area contributed by atoms with Crippen molar-refractivity contribution in [2.24, 2.45) is 0 Å². The van der Waals surface area contributed by atoms with Gasteiger partial charge in [-0.15, -0.1) is 0 Å². The first kappa shape index (κ1) is 15.9. The number of anilines is 1. The number of ether oxygens (including phenoxy) is 1. The number of hydrogen-bond donors (Lipinski definition) is 0. The minimum atomic E-state index is -0.356. The van der Waals surface area contributed by atoms with Crippen molar-refractivity contribution in [3.8, 4) is 0 Å². The van der Waals surface area contributed by atoms with E-state index in [1.54, 1.807) is 17.0 Å². The molecule has 2 aromatic rings. The van der Waals surface area contributed by atoms with E-state index >= 15 is 0 Å². The molecular weight excluding hydrogens is 338 g/mol. The van der Waals surface area contributed by atoms with Crippen molar-refractivity contribution in [2.75, 3.05) is 11.5 Å². The van der Waals surface area contributed by atoms with Crippen molar-refractivity contribution in [1.82, 2.24) is 0 Å². The molecule has 0 bridgehead atoms. The zero-order valence-corrected chi connectivity index (χ0v) is 14.4. The first-order valence-electron chi connectivity index (χ1n) is 8.10. The van der Waals surface area contributed by atoms with Gasteiger partial charge in [-0.05, 0) is 42.3 Å². The molecule has 0 N–H and O–H groups in total. The third kappa shape index (κ3) is 2.72. The van der Waals surface area contributed by atoms with Gasteiger partial charge in [0, 0.05) is 23.0 Å². The first-order valence-corrected chi connectivity index (χ1v) is 8.47. The normalized spacial score (nSPS) is 19.9. The van der Waals surface area contributed by atoms with Crippen LogP contribution < -0.4 is 4.90 Å². The second-order valence-corrected chi connectivity index (χ2v) is 6.75. The molecule has 0 saturated carbocycles. The van der Waals surface area contributed by atoms with Crippen LogP contribution in [0, 0.1) is 6.92 Å². The van der Waals surface area contributed by atoms with Gasteiger partial charge < -0.3 is 4.74 Å². The summed E-state index contributed by atoms with van der Waals surface area (Å²) in [5.41, 5.74) is 3.87. The van der Waals surface area contributed by atoms with Crippen LogP contribution in [0.1, 0.15) is 23.5 Å². The fourth-order valence-electron chi connectivity index (χ4n) is 3.53. The van der Waals surface area contributed by atoms with Gasteiger partial charge >= 0.3 is 5.97 Å². The molecule has 4 nitrogen and oxygen atoms in total. The Morgan fingerprint density at radius 1 is 1.12 bits per heavy atom. The average molecular weight is 354 g/mol. The summed E-state index contributed by atoms with van der Waals surface area (Å²) in [6, 6.07) is 15.0. The van der Waals surface area contributed by atoms with Crippen LogP contribution in [0.3, 0.4) is 0 Å². The molecule has 0 radical (unpaired) electrons. The van der Waals surface area contributed by atoms with Gasteiger partial charge in [-0.2, -0.15) is 0 Å². The Labute approximate surface area is 150 Å². The van der Waals surface area contributed by atoms with E-state index in [0.29, 0.717) is 16.3 Å². The minimum absolute atomic E-state index is 0.0485. The summed E-state index contributed by atoms with van der Waals surface area (Å²) in [4.78, 5) is 26.9. The second kappa shape index (κ2) is 6.05. The summed E-state index contributed by atoms with van der Waals surface area (Å²) in [6.45, 7) is 2.09. The highest BCUT2D eigenvalue weighted by Gasteiger charge is 2.42. The number of cyclic esters (lactones) is 1. The average Bonchev–Trinajstić information content (AvgIpc) is 2.96. The van der Waals surface area contributed by atoms with Crippen molar-refractivity contribution in [3.05, 3.63) is 76.0 Å². The van der Waals surface area contributed by atoms with Gasteiger partial charge in [-0.3, -0.25) is 9.69 Å². The quantitative estimate of drug-likeness (QED) is 0.767. The van der Waals surface area contributed by atoms with E-state index in [1.165, 1.54) is 0 Å². The maximum absolute atomic E-state index is 12.9. The number of esters is 1. The smallest absolute Gasteiger partial charge is 0.336 e. The molecule has 2 aliphatic rings. The molecule has 2 heterocycles. The van der Waals surface area contributed by atoms with Crippen LogP contribution in [0.2, 0.25) is 5.02 Å². The Kier molecular flexibility index (Phi) is 3.85. The van der Waals surface area contributed by atoms with Crippen LogP contribution in [-0.4, -0.2) is 18.5 Å². The summed E-state index contributed by atoms with van der Waals surface area (Å²) in [7, 11) is 0. The van der Waals surface area contributed by atoms with Crippen molar-refractivity contribution in [2.45, 2.75) is 19.3 Å². The summed E-state index contributed by atoms with van der Waals surface area (Å²) < 4.78 is 5.27. The van der Waals surface area contributed by atoms with Crippen LogP contribution in [-0.2, 0) is 14.3 Å². The lowest BCUT2D eigenvalue weighted by molar-refractivity contribution is -0.136. The zero-order chi connectivity index (χ0) is 17.6. The third-order valence-electron chi connectivity index (χ3n) is 4.63. The van der Waals surface area contributed by atoms with Gasteiger partial charge in [0.1, 0.15) is 6.61 Å². The van der Waals surface area contributed by atoms with E-state index < -0.39 is 0 Å². The molecule has 1 atom stereocenters. The number of carbonyl (C=O) groups excluding carboxylic acids is 2. The highest BCUT2D eigenvalue weighted by Crippen LogP contribution is 2.42. The van der Waals surface area contributed by atoms with E-state index in [4.69, 9.17) is 16.3 Å². The summed E-state index contributed by atoms with van der Waals surface area (Å²) in [5.74, 6) is -0.727. The molecule has 1 amide bonds. The van der Waals surface area contributed by atoms with Gasteiger partial charge in [-0.1, -0.05) is 35.9 Å². The van der Waals surface area contributed by atoms with Gasteiger partial charge in [-0.25, -0.2) is 4.79 Å². The molecule has 4 rings (SSSR count). The molecule has 0 spiro atoms. The third-order valence-corrected chi connectivity index (χ3v) is 4.86. The van der Waals surface area contributed by atoms with Crippen LogP contribution in [0.15, 0.2) is 59.8 Å². The Balaban J connectivity index is 1.84. The lowest BCUT2D eigenvalue weighted by Gasteiger charge is -2.32. The van der Waals surface area contributed by atoms with E-state index in [9.17, 15) is 9.59 Å². The van der Waals surface area contributed by atoms with Crippen molar-refractivity contribution in [1.29, 1.82) is 0 Å². The Morgan fingerprint density at radius 3 is 2.68 bits per heavy atom. The van der Waals surface area contributed by atoms with Crippen LogP contribution in [0.25, 0.3) is 0 Å². The predicted octanol–water partition coefficient (Wildman–Crippen LogP) is 3.98. The van der Waals surface area contributed by atoms with E-state index in [-0.39, 0.29) is 30.8 Å². The zero-order valence-electron chi connectivity index (χ0n) is 13.7. The molecule has 25 heavy (non-hydrogen) atoms. The summed E-state index contributed by atoms with van der Waals surface area (Å²) in [5, 5.41) is 0.583. The van der Waals surface area contributed by atoms with Crippen LogP contribution in [0.5, 0.6) is 0 Å². The Bertz CT molecular complexity index is 919. The summed E-state index contributed by atoms with van der Waals surface area (Å²) in [6.07, 6.45) is 0.211. The van der Waals surface area contributed by atoms with Crippen molar-refractivity contribution < 1.29 is 14.3 Å². The first-order chi connectivity index (χ1) is 12.0. The number of halogens is 1. The minimum Gasteiger partial charge on any atom is -0.456 e. The molecule has 5 heteroatoms. The molecule has 0 aliphatic carbocycles. The second-order valence-electron chi connectivity index (χ2n) is 6.32. The maximum atomic E-state index is 12.9. The highest BCUT2D eigenvalue weighted by atomic mass is 35.5. The Hall–Kier alpha value is -2.59. The molecule has 0 unspecified atom stereocenters. The number of amides is 1. The molecule has 2 aliphatic heterocycles. The van der Waals surface area contributed by atoms with Gasteiger partial charge in [0.15, 0.2) is 0 Å². The maximum Gasteiger partial charge on any atom is 0.336 e. The largest absolute Gasteiger partial charge is 0.456 e. The molecule has 126 valence electrons. The summed E-state index contributed by atoms with van der Waals surface area (Å²) >= 11 is 6.09. The van der Waals surface area contributed by atoms with Crippen molar-refractivity contribution >= 4 is 29.2 Å². The molecule has 0 saturated heterocycles. The molecule has 2 aromatic carbocycles. The van der Waals surface area contributed by atoms with Crippen molar-refractivity contribution in [3.63, 3.8) is 0 Å². The molecule has 0 aromatic heterocycles. The lowest BCUT2D eigenvalue weighted by Crippen LogP contribution is -2.37. The molecule has 0 fully saturated rings.